The molecule has 1 fully saturated rings. The third-order valence-corrected chi connectivity index (χ3v) is 3.69. The fraction of sp³-hybridized carbons (Fsp3) is 0.375. The number of aromatic nitrogens is 1. The van der Waals surface area contributed by atoms with E-state index >= 15 is 0 Å². The van der Waals surface area contributed by atoms with Crippen LogP contribution in [0.15, 0.2) is 30.3 Å². The number of amides is 1. The van der Waals surface area contributed by atoms with Crippen molar-refractivity contribution in [2.24, 2.45) is 5.73 Å². The van der Waals surface area contributed by atoms with Gasteiger partial charge < -0.3 is 16.0 Å². The first-order valence-electron chi connectivity index (χ1n) is 7.25. The van der Waals surface area contributed by atoms with E-state index in [2.05, 4.69) is 17.4 Å². The summed E-state index contributed by atoms with van der Waals surface area (Å²) < 4.78 is 0. The number of primary amides is 1. The number of nitrogens with two attached hydrogens (primary N) is 1. The van der Waals surface area contributed by atoms with Gasteiger partial charge in [-0.05, 0) is 25.0 Å². The highest BCUT2D eigenvalue weighted by atomic mass is 16.1. The molecule has 5 nitrogen and oxygen atoms in total. The van der Waals surface area contributed by atoms with Gasteiger partial charge in [0.2, 0.25) is 5.91 Å². The number of likely N-dealkylation sites (N-methyl/N-ethyl adjacent to an activating group) is 1. The molecule has 5 heteroatoms. The molecular weight excluding hydrogens is 264 g/mol. The summed E-state index contributed by atoms with van der Waals surface area (Å²) in [5.74, 6) is 0.467. The Morgan fingerprint density at radius 2 is 2.19 bits per heavy atom. The molecule has 3 rings (SSSR count). The van der Waals surface area contributed by atoms with Crippen LogP contribution in [-0.4, -0.2) is 30.5 Å². The maximum atomic E-state index is 11.2. The zero-order valence-corrected chi connectivity index (χ0v) is 12.2. The Labute approximate surface area is 124 Å². The predicted octanol–water partition coefficient (Wildman–Crippen LogP) is 1.41. The van der Waals surface area contributed by atoms with Gasteiger partial charge in [-0.2, -0.15) is 0 Å². The van der Waals surface area contributed by atoms with Crippen LogP contribution in [0.25, 0.3) is 10.9 Å². The third-order valence-electron chi connectivity index (χ3n) is 3.69. The van der Waals surface area contributed by atoms with Gasteiger partial charge in [0.25, 0.3) is 0 Å². The average molecular weight is 284 g/mol. The van der Waals surface area contributed by atoms with E-state index in [1.807, 2.05) is 30.1 Å². The maximum absolute atomic E-state index is 11.2. The lowest BCUT2D eigenvalue weighted by Crippen LogP contribution is -2.32. The normalized spacial score (nSPS) is 14.3. The SMILES string of the molecule is CN(CC(N)=O)c1nc2ccccc2cc1CNC1CC1. The van der Waals surface area contributed by atoms with Crippen LogP contribution in [0.4, 0.5) is 5.82 Å². The number of para-hydroxylation sites is 1. The van der Waals surface area contributed by atoms with Crippen LogP contribution in [-0.2, 0) is 11.3 Å². The minimum absolute atomic E-state index is 0.168. The quantitative estimate of drug-likeness (QED) is 0.841. The number of fused-ring (bicyclic) bond motifs is 1. The minimum atomic E-state index is -0.353. The Kier molecular flexibility index (Phi) is 3.75. The number of anilines is 1. The maximum Gasteiger partial charge on any atom is 0.236 e. The lowest BCUT2D eigenvalue weighted by Gasteiger charge is -2.21. The first kappa shape index (κ1) is 13.8. The van der Waals surface area contributed by atoms with Crippen molar-refractivity contribution in [3.63, 3.8) is 0 Å². The van der Waals surface area contributed by atoms with Gasteiger partial charge in [0.1, 0.15) is 5.82 Å². The second-order valence-corrected chi connectivity index (χ2v) is 5.64. The second kappa shape index (κ2) is 5.69. The summed E-state index contributed by atoms with van der Waals surface area (Å²) in [4.78, 5) is 17.7. The summed E-state index contributed by atoms with van der Waals surface area (Å²) in [7, 11) is 1.85. The molecule has 1 aliphatic rings. The largest absolute Gasteiger partial charge is 0.368 e. The van der Waals surface area contributed by atoms with E-state index in [1.54, 1.807) is 0 Å². The molecule has 0 radical (unpaired) electrons. The van der Waals surface area contributed by atoms with Gasteiger partial charge in [-0.1, -0.05) is 18.2 Å². The molecule has 110 valence electrons. The van der Waals surface area contributed by atoms with Gasteiger partial charge in [0.15, 0.2) is 0 Å². The number of carbonyl (C=O) groups is 1. The Bertz CT molecular complexity index is 666. The van der Waals surface area contributed by atoms with Gasteiger partial charge in [-0.3, -0.25) is 4.79 Å². The molecule has 1 aromatic heterocycles. The summed E-state index contributed by atoms with van der Waals surface area (Å²) in [5, 5.41) is 4.62. The molecule has 0 spiro atoms. The molecule has 21 heavy (non-hydrogen) atoms. The lowest BCUT2D eigenvalue weighted by atomic mass is 10.1. The standard InChI is InChI=1S/C16H20N4O/c1-20(10-15(17)21)16-12(9-18-13-6-7-13)8-11-4-2-3-5-14(11)19-16/h2-5,8,13,18H,6-7,9-10H2,1H3,(H2,17,21). The number of hydrogen-bond acceptors (Lipinski definition) is 4. The van der Waals surface area contributed by atoms with Crippen LogP contribution in [0, 0.1) is 0 Å². The van der Waals surface area contributed by atoms with Gasteiger partial charge >= 0.3 is 0 Å². The second-order valence-electron chi connectivity index (χ2n) is 5.64. The Hall–Kier alpha value is -2.14. The summed E-state index contributed by atoms with van der Waals surface area (Å²) in [5.41, 5.74) is 7.33. The number of nitrogens with zero attached hydrogens (tertiary/aromatic N) is 2. The molecule has 0 atom stereocenters. The molecule has 1 amide bonds. The molecule has 1 heterocycles. The van der Waals surface area contributed by atoms with E-state index in [0.29, 0.717) is 6.04 Å². The molecule has 3 N–H and O–H groups in total. The molecule has 0 aliphatic heterocycles. The average Bonchev–Trinajstić information content (AvgIpc) is 3.27. The highest BCUT2D eigenvalue weighted by Gasteiger charge is 2.21. The first-order valence-corrected chi connectivity index (χ1v) is 7.25. The molecule has 2 aromatic rings. The van der Waals surface area contributed by atoms with E-state index in [0.717, 1.165) is 28.8 Å². The van der Waals surface area contributed by atoms with Gasteiger partial charge in [-0.15, -0.1) is 0 Å². The number of carbonyl (C=O) groups excluding carboxylic acids is 1. The Morgan fingerprint density at radius 1 is 1.43 bits per heavy atom. The first-order chi connectivity index (χ1) is 10.1. The molecule has 1 aliphatic carbocycles. The Morgan fingerprint density at radius 3 is 2.90 bits per heavy atom. The van der Waals surface area contributed by atoms with Crippen LogP contribution in [0.2, 0.25) is 0 Å². The van der Waals surface area contributed by atoms with E-state index in [9.17, 15) is 4.79 Å². The molecule has 0 bridgehead atoms. The minimum Gasteiger partial charge on any atom is -0.368 e. The lowest BCUT2D eigenvalue weighted by molar-refractivity contribution is -0.116. The van der Waals surface area contributed by atoms with Crippen molar-refractivity contribution in [1.82, 2.24) is 10.3 Å². The van der Waals surface area contributed by atoms with Crippen LogP contribution >= 0.6 is 0 Å². The smallest absolute Gasteiger partial charge is 0.236 e. The Balaban J connectivity index is 1.95. The van der Waals surface area contributed by atoms with Crippen LogP contribution in [0.3, 0.4) is 0 Å². The summed E-state index contributed by atoms with van der Waals surface area (Å²) in [6.45, 7) is 0.933. The van der Waals surface area contributed by atoms with Crippen molar-refractivity contribution in [2.45, 2.75) is 25.4 Å². The molecule has 0 unspecified atom stereocenters. The molecule has 1 saturated carbocycles. The number of nitrogens with one attached hydrogen (secondary N) is 1. The molecular formula is C16H20N4O. The summed E-state index contributed by atoms with van der Waals surface area (Å²) >= 11 is 0. The van der Waals surface area contributed by atoms with Crippen LogP contribution < -0.4 is 16.0 Å². The van der Waals surface area contributed by atoms with Crippen molar-refractivity contribution in [2.75, 3.05) is 18.5 Å². The summed E-state index contributed by atoms with van der Waals surface area (Å²) in [6, 6.07) is 10.8. The fourth-order valence-electron chi connectivity index (χ4n) is 2.46. The van der Waals surface area contributed by atoms with Crippen molar-refractivity contribution < 1.29 is 4.79 Å². The van der Waals surface area contributed by atoms with Gasteiger partial charge in [0, 0.05) is 30.6 Å². The topological polar surface area (TPSA) is 71.2 Å². The van der Waals surface area contributed by atoms with Crippen LogP contribution in [0.5, 0.6) is 0 Å². The zero-order valence-electron chi connectivity index (χ0n) is 12.2. The van der Waals surface area contributed by atoms with E-state index in [-0.39, 0.29) is 12.5 Å². The highest BCUT2D eigenvalue weighted by Crippen LogP contribution is 2.25. The van der Waals surface area contributed by atoms with E-state index < -0.39 is 0 Å². The fourth-order valence-corrected chi connectivity index (χ4v) is 2.46. The predicted molar refractivity (Wildman–Crippen MR) is 84.1 cm³/mol. The number of benzene rings is 1. The van der Waals surface area contributed by atoms with Crippen molar-refractivity contribution >= 4 is 22.6 Å². The van der Waals surface area contributed by atoms with Gasteiger partial charge in [-0.25, -0.2) is 4.98 Å². The van der Waals surface area contributed by atoms with Crippen molar-refractivity contribution in [3.05, 3.63) is 35.9 Å². The van der Waals surface area contributed by atoms with Gasteiger partial charge in [0.05, 0.1) is 12.1 Å². The number of hydrogen-bond donors (Lipinski definition) is 2. The third kappa shape index (κ3) is 3.31. The van der Waals surface area contributed by atoms with E-state index in [1.165, 1.54) is 12.8 Å². The molecule has 1 aromatic carbocycles. The zero-order chi connectivity index (χ0) is 14.8. The van der Waals surface area contributed by atoms with Crippen LogP contribution in [0.1, 0.15) is 18.4 Å². The van der Waals surface area contributed by atoms with E-state index in [4.69, 9.17) is 10.7 Å². The number of rotatable bonds is 6. The summed E-state index contributed by atoms with van der Waals surface area (Å²) in [6.07, 6.45) is 2.49. The molecule has 0 saturated heterocycles. The van der Waals surface area contributed by atoms with Crippen molar-refractivity contribution in [1.29, 1.82) is 0 Å². The monoisotopic (exact) mass is 284 g/mol. The highest BCUT2D eigenvalue weighted by molar-refractivity contribution is 5.83. The number of pyridine rings is 1. The van der Waals surface area contributed by atoms with Crippen molar-refractivity contribution in [3.8, 4) is 0 Å².